The minimum absolute atomic E-state index is 0.257. The third-order valence-electron chi connectivity index (χ3n) is 4.76. The number of benzene rings is 1. The zero-order valence-electron chi connectivity index (χ0n) is 16.2. The molecule has 0 aliphatic rings. The summed E-state index contributed by atoms with van der Waals surface area (Å²) in [6, 6.07) is 12.5. The van der Waals surface area contributed by atoms with Crippen molar-refractivity contribution in [3.05, 3.63) is 89.9 Å². The standard InChI is InChI=1S/C23H20FN5/c1-15-12-25-11-9-18(15)20-14-28-23(27-13-17-6-3-4-8-21(17)24)29-22(20)19-7-5-10-26-16(19)2/h3-12,14H,13H2,1-2H3,(H,27,28,29). The molecular formula is C23H20FN5. The molecule has 0 aliphatic carbocycles. The molecule has 4 aromatic rings. The number of pyridine rings is 2. The van der Waals surface area contributed by atoms with Crippen LogP contribution in [0.25, 0.3) is 22.4 Å². The van der Waals surface area contributed by atoms with Crippen LogP contribution in [0.1, 0.15) is 16.8 Å². The SMILES string of the molecule is Cc1cnccc1-c1cnc(NCc2ccccc2F)nc1-c1cccnc1C. The van der Waals surface area contributed by atoms with Crippen LogP contribution >= 0.6 is 0 Å². The van der Waals surface area contributed by atoms with Gasteiger partial charge in [-0.3, -0.25) is 9.97 Å². The van der Waals surface area contributed by atoms with Crippen LogP contribution in [-0.4, -0.2) is 19.9 Å². The first kappa shape index (κ1) is 18.7. The van der Waals surface area contributed by atoms with Crippen molar-refractivity contribution in [3.63, 3.8) is 0 Å². The Morgan fingerprint density at radius 1 is 0.862 bits per heavy atom. The van der Waals surface area contributed by atoms with Gasteiger partial charge in [0.1, 0.15) is 5.82 Å². The lowest BCUT2D eigenvalue weighted by Gasteiger charge is -2.14. The van der Waals surface area contributed by atoms with Crippen molar-refractivity contribution in [3.8, 4) is 22.4 Å². The van der Waals surface area contributed by atoms with E-state index < -0.39 is 0 Å². The quantitative estimate of drug-likeness (QED) is 0.526. The van der Waals surface area contributed by atoms with Gasteiger partial charge in [-0.2, -0.15) is 0 Å². The molecule has 0 atom stereocenters. The third-order valence-corrected chi connectivity index (χ3v) is 4.76. The molecule has 5 nitrogen and oxygen atoms in total. The van der Waals surface area contributed by atoms with Crippen LogP contribution in [0.5, 0.6) is 0 Å². The lowest BCUT2D eigenvalue weighted by atomic mass is 9.98. The fraction of sp³-hybridized carbons (Fsp3) is 0.130. The number of aromatic nitrogens is 4. The molecule has 0 saturated heterocycles. The summed E-state index contributed by atoms with van der Waals surface area (Å²) in [6.45, 7) is 4.26. The summed E-state index contributed by atoms with van der Waals surface area (Å²) < 4.78 is 13.9. The summed E-state index contributed by atoms with van der Waals surface area (Å²) >= 11 is 0. The highest BCUT2D eigenvalue weighted by atomic mass is 19.1. The topological polar surface area (TPSA) is 63.6 Å². The number of halogens is 1. The van der Waals surface area contributed by atoms with Crippen molar-refractivity contribution in [1.82, 2.24) is 19.9 Å². The first-order valence-corrected chi connectivity index (χ1v) is 9.31. The number of nitrogens with zero attached hydrogens (tertiary/aromatic N) is 4. The molecule has 3 aromatic heterocycles. The summed E-state index contributed by atoms with van der Waals surface area (Å²) in [7, 11) is 0. The second kappa shape index (κ2) is 8.14. The number of hydrogen-bond donors (Lipinski definition) is 1. The Kier molecular flexibility index (Phi) is 5.24. The highest BCUT2D eigenvalue weighted by Gasteiger charge is 2.15. The average molecular weight is 385 g/mol. The van der Waals surface area contributed by atoms with E-state index in [0.29, 0.717) is 18.1 Å². The molecule has 29 heavy (non-hydrogen) atoms. The van der Waals surface area contributed by atoms with Crippen LogP contribution in [0.15, 0.2) is 67.3 Å². The van der Waals surface area contributed by atoms with Crippen LogP contribution < -0.4 is 5.32 Å². The molecule has 0 fully saturated rings. The molecule has 1 aromatic carbocycles. The van der Waals surface area contributed by atoms with Gasteiger partial charge in [-0.15, -0.1) is 0 Å². The van der Waals surface area contributed by atoms with Gasteiger partial charge in [0.2, 0.25) is 5.95 Å². The molecule has 4 rings (SSSR count). The first-order valence-electron chi connectivity index (χ1n) is 9.31. The van der Waals surface area contributed by atoms with Crippen LogP contribution in [0, 0.1) is 19.7 Å². The van der Waals surface area contributed by atoms with Gasteiger partial charge in [-0.25, -0.2) is 14.4 Å². The summed E-state index contributed by atoms with van der Waals surface area (Å²) in [5.74, 6) is 0.175. The van der Waals surface area contributed by atoms with Crippen molar-refractivity contribution in [1.29, 1.82) is 0 Å². The Labute approximate surface area is 168 Å². The Morgan fingerprint density at radius 3 is 2.52 bits per heavy atom. The number of anilines is 1. The van der Waals surface area contributed by atoms with Gasteiger partial charge < -0.3 is 5.32 Å². The highest BCUT2D eigenvalue weighted by molar-refractivity contribution is 5.82. The Hall–Kier alpha value is -3.67. The molecule has 0 spiro atoms. The summed E-state index contributed by atoms with van der Waals surface area (Å²) in [4.78, 5) is 17.8. The molecule has 0 unspecified atom stereocenters. The maximum Gasteiger partial charge on any atom is 0.223 e. The van der Waals surface area contributed by atoms with E-state index in [-0.39, 0.29) is 5.82 Å². The maximum atomic E-state index is 13.9. The lowest BCUT2D eigenvalue weighted by molar-refractivity contribution is 0.612. The Bertz CT molecular complexity index is 1160. The zero-order chi connectivity index (χ0) is 20.2. The van der Waals surface area contributed by atoms with Crippen LogP contribution in [-0.2, 0) is 6.54 Å². The minimum atomic E-state index is -0.257. The van der Waals surface area contributed by atoms with Crippen LogP contribution in [0.3, 0.4) is 0 Å². The second-order valence-corrected chi connectivity index (χ2v) is 6.73. The van der Waals surface area contributed by atoms with Crippen LogP contribution in [0.2, 0.25) is 0 Å². The molecule has 1 N–H and O–H groups in total. The Morgan fingerprint density at radius 2 is 1.72 bits per heavy atom. The van der Waals surface area contributed by atoms with Crippen molar-refractivity contribution in [2.75, 3.05) is 5.32 Å². The molecule has 0 aliphatic heterocycles. The van der Waals surface area contributed by atoms with Gasteiger partial charge in [0.05, 0.1) is 5.69 Å². The fourth-order valence-corrected chi connectivity index (χ4v) is 3.20. The van der Waals surface area contributed by atoms with E-state index >= 15 is 0 Å². The van der Waals surface area contributed by atoms with E-state index in [1.165, 1.54) is 6.07 Å². The van der Waals surface area contributed by atoms with E-state index in [9.17, 15) is 4.39 Å². The minimum Gasteiger partial charge on any atom is -0.350 e. The molecule has 0 bridgehead atoms. The normalized spacial score (nSPS) is 10.7. The van der Waals surface area contributed by atoms with Crippen molar-refractivity contribution < 1.29 is 4.39 Å². The fourth-order valence-electron chi connectivity index (χ4n) is 3.20. The lowest BCUT2D eigenvalue weighted by Crippen LogP contribution is -2.07. The van der Waals surface area contributed by atoms with Gasteiger partial charge in [-0.1, -0.05) is 18.2 Å². The van der Waals surface area contributed by atoms with Gasteiger partial charge >= 0.3 is 0 Å². The molecule has 0 amide bonds. The van der Waals surface area contributed by atoms with Crippen molar-refractivity contribution in [2.24, 2.45) is 0 Å². The monoisotopic (exact) mass is 385 g/mol. The summed E-state index contributed by atoms with van der Waals surface area (Å²) in [6.07, 6.45) is 7.13. The maximum absolute atomic E-state index is 13.9. The smallest absolute Gasteiger partial charge is 0.223 e. The van der Waals surface area contributed by atoms with Crippen molar-refractivity contribution in [2.45, 2.75) is 20.4 Å². The van der Waals surface area contributed by atoms with Gasteiger partial charge in [0.25, 0.3) is 0 Å². The van der Waals surface area contributed by atoms with Gasteiger partial charge in [0.15, 0.2) is 0 Å². The predicted octanol–water partition coefficient (Wildman–Crippen LogP) is 4.97. The molecular weight excluding hydrogens is 365 g/mol. The Balaban J connectivity index is 1.77. The van der Waals surface area contributed by atoms with Gasteiger partial charge in [-0.05, 0) is 49.2 Å². The highest BCUT2D eigenvalue weighted by Crippen LogP contribution is 2.33. The molecule has 0 radical (unpaired) electrons. The largest absolute Gasteiger partial charge is 0.350 e. The predicted molar refractivity (Wildman–Crippen MR) is 112 cm³/mol. The summed E-state index contributed by atoms with van der Waals surface area (Å²) in [5.41, 5.74) is 6.08. The first-order chi connectivity index (χ1) is 14.1. The van der Waals surface area contributed by atoms with E-state index in [2.05, 4.69) is 20.3 Å². The third kappa shape index (κ3) is 3.96. The second-order valence-electron chi connectivity index (χ2n) is 6.73. The number of nitrogens with one attached hydrogen (secondary N) is 1. The molecule has 0 saturated carbocycles. The van der Waals surface area contributed by atoms with E-state index in [1.807, 2.05) is 38.2 Å². The number of rotatable bonds is 5. The van der Waals surface area contributed by atoms with E-state index in [1.54, 1.807) is 36.8 Å². The van der Waals surface area contributed by atoms with Crippen molar-refractivity contribution >= 4 is 5.95 Å². The molecule has 3 heterocycles. The van der Waals surface area contributed by atoms with E-state index in [0.717, 1.165) is 33.6 Å². The molecule has 144 valence electrons. The number of hydrogen-bond acceptors (Lipinski definition) is 5. The van der Waals surface area contributed by atoms with E-state index in [4.69, 9.17) is 4.98 Å². The van der Waals surface area contributed by atoms with Gasteiger partial charge in [0, 0.05) is 53.7 Å². The zero-order valence-corrected chi connectivity index (χ0v) is 16.2. The number of aryl methyl sites for hydroxylation is 2. The van der Waals surface area contributed by atoms with Crippen LogP contribution in [0.4, 0.5) is 10.3 Å². The average Bonchev–Trinajstić information content (AvgIpc) is 2.74. The summed E-state index contributed by atoms with van der Waals surface area (Å²) in [5, 5.41) is 3.13. The molecule has 6 heteroatoms.